The van der Waals surface area contributed by atoms with Gasteiger partial charge in [-0.2, -0.15) is 0 Å². The number of halogens is 1. The number of imidazole rings is 1. The molecule has 6 nitrogen and oxygen atoms in total. The smallest absolute Gasteiger partial charge is 0.252 e. The van der Waals surface area contributed by atoms with Crippen LogP contribution in [0.15, 0.2) is 67.0 Å². The minimum absolute atomic E-state index is 0.113. The van der Waals surface area contributed by atoms with E-state index in [0.717, 1.165) is 46.0 Å². The molecule has 0 bridgehead atoms. The number of pyridine rings is 1. The van der Waals surface area contributed by atoms with Gasteiger partial charge < -0.3 is 14.6 Å². The van der Waals surface area contributed by atoms with E-state index in [4.69, 9.17) is 21.3 Å². The molecule has 0 atom stereocenters. The number of rotatable bonds is 9. The number of aromatic nitrogens is 3. The number of hydrogen-bond donors (Lipinski definition) is 1. The lowest BCUT2D eigenvalue weighted by molar-refractivity contribution is 0.0952. The summed E-state index contributed by atoms with van der Waals surface area (Å²) in [6, 6.07) is 17.3. The average molecular weight is 449 g/mol. The average Bonchev–Trinajstić information content (AvgIpc) is 3.17. The summed E-state index contributed by atoms with van der Waals surface area (Å²) in [5.74, 6) is 1.67. The number of hydrogen-bond acceptors (Lipinski definition) is 4. The first-order valence-corrected chi connectivity index (χ1v) is 11.0. The van der Waals surface area contributed by atoms with Gasteiger partial charge in [0.05, 0.1) is 23.1 Å². The van der Waals surface area contributed by atoms with Crippen molar-refractivity contribution in [2.75, 3.05) is 13.2 Å². The first-order valence-electron chi connectivity index (χ1n) is 10.6. The molecule has 4 aromatic rings. The molecule has 0 aliphatic heterocycles. The molecular formula is C25H25ClN4O2. The third kappa shape index (κ3) is 5.26. The molecule has 4 rings (SSSR count). The number of para-hydroxylation sites is 2. The van der Waals surface area contributed by atoms with E-state index in [9.17, 15) is 4.79 Å². The Labute approximate surface area is 192 Å². The van der Waals surface area contributed by atoms with Crippen LogP contribution in [0, 0.1) is 6.92 Å². The molecule has 1 N–H and O–H groups in total. The molecule has 2 aromatic heterocycles. The van der Waals surface area contributed by atoms with E-state index in [-0.39, 0.29) is 5.91 Å². The zero-order valence-electron chi connectivity index (χ0n) is 17.9. The molecule has 2 heterocycles. The molecule has 0 aliphatic carbocycles. The molecule has 1 amide bonds. The second-order valence-electron chi connectivity index (χ2n) is 7.53. The maximum absolute atomic E-state index is 12.2. The number of fused-ring (bicyclic) bond motifs is 1. The monoisotopic (exact) mass is 448 g/mol. The highest BCUT2D eigenvalue weighted by atomic mass is 35.5. The van der Waals surface area contributed by atoms with E-state index in [2.05, 4.69) is 20.9 Å². The zero-order chi connectivity index (χ0) is 22.3. The SMILES string of the molecule is Cc1cc(OCCn2c(CCCNC(=O)c3cccnc3)nc3ccccc32)ccc1Cl. The van der Waals surface area contributed by atoms with Crippen LogP contribution in [0.3, 0.4) is 0 Å². The Hall–Kier alpha value is -3.38. The van der Waals surface area contributed by atoms with Crippen LogP contribution in [0.4, 0.5) is 0 Å². The molecule has 0 fully saturated rings. The minimum atomic E-state index is -0.113. The van der Waals surface area contributed by atoms with Gasteiger partial charge in [0.2, 0.25) is 0 Å². The predicted octanol–water partition coefficient (Wildman–Crippen LogP) is 4.83. The van der Waals surface area contributed by atoms with Crippen LogP contribution in [0.5, 0.6) is 5.75 Å². The number of benzene rings is 2. The topological polar surface area (TPSA) is 69.0 Å². The van der Waals surface area contributed by atoms with E-state index in [1.807, 2.05) is 43.3 Å². The summed E-state index contributed by atoms with van der Waals surface area (Å²) in [5.41, 5.74) is 3.60. The Kier molecular flexibility index (Phi) is 7.02. The van der Waals surface area contributed by atoms with Crippen molar-refractivity contribution in [3.8, 4) is 5.75 Å². The quantitative estimate of drug-likeness (QED) is 0.372. The lowest BCUT2D eigenvalue weighted by atomic mass is 10.2. The van der Waals surface area contributed by atoms with E-state index in [1.54, 1.807) is 24.5 Å². The largest absolute Gasteiger partial charge is 0.492 e. The molecule has 32 heavy (non-hydrogen) atoms. The molecule has 2 aromatic carbocycles. The van der Waals surface area contributed by atoms with Crippen LogP contribution < -0.4 is 10.1 Å². The molecule has 0 aliphatic rings. The lowest BCUT2D eigenvalue weighted by Gasteiger charge is -2.12. The number of ether oxygens (including phenoxy) is 1. The first kappa shape index (κ1) is 21.8. The molecular weight excluding hydrogens is 424 g/mol. The summed E-state index contributed by atoms with van der Waals surface area (Å²) in [7, 11) is 0. The maximum atomic E-state index is 12.2. The molecule has 0 radical (unpaired) electrons. The van der Waals surface area contributed by atoms with Crippen LogP contribution in [0.2, 0.25) is 5.02 Å². The van der Waals surface area contributed by atoms with Gasteiger partial charge in [-0.3, -0.25) is 9.78 Å². The highest BCUT2D eigenvalue weighted by Crippen LogP contribution is 2.22. The number of nitrogens with one attached hydrogen (secondary N) is 1. The van der Waals surface area contributed by atoms with E-state index >= 15 is 0 Å². The van der Waals surface area contributed by atoms with Gasteiger partial charge in [-0.05, 0) is 61.4 Å². The van der Waals surface area contributed by atoms with Crippen molar-refractivity contribution in [1.29, 1.82) is 0 Å². The number of carbonyl (C=O) groups excluding carboxylic acids is 1. The Morgan fingerprint density at radius 3 is 2.84 bits per heavy atom. The Balaban J connectivity index is 1.37. The summed E-state index contributed by atoms with van der Waals surface area (Å²) < 4.78 is 8.15. The van der Waals surface area contributed by atoms with Crippen LogP contribution in [0.25, 0.3) is 11.0 Å². The van der Waals surface area contributed by atoms with Crippen molar-refractivity contribution in [3.05, 3.63) is 89.0 Å². The first-order chi connectivity index (χ1) is 15.6. The van der Waals surface area contributed by atoms with Crippen molar-refractivity contribution in [2.45, 2.75) is 26.3 Å². The fourth-order valence-electron chi connectivity index (χ4n) is 3.58. The van der Waals surface area contributed by atoms with Crippen molar-refractivity contribution in [3.63, 3.8) is 0 Å². The van der Waals surface area contributed by atoms with Gasteiger partial charge in [0, 0.05) is 30.4 Å². The standard InChI is InChI=1S/C25H25ClN4O2/c1-18-16-20(10-11-21(18)26)32-15-14-30-23-8-3-2-7-22(23)29-24(30)9-5-13-28-25(31)19-6-4-12-27-17-19/h2-4,6-8,10-12,16-17H,5,9,13-15H2,1H3,(H,28,31). The third-order valence-electron chi connectivity index (χ3n) is 5.23. The van der Waals surface area contributed by atoms with Gasteiger partial charge >= 0.3 is 0 Å². The van der Waals surface area contributed by atoms with Gasteiger partial charge in [-0.1, -0.05) is 23.7 Å². The second-order valence-corrected chi connectivity index (χ2v) is 7.94. The van der Waals surface area contributed by atoms with E-state index < -0.39 is 0 Å². The molecule has 7 heteroatoms. The minimum Gasteiger partial charge on any atom is -0.492 e. The summed E-state index contributed by atoms with van der Waals surface area (Å²) >= 11 is 6.10. The van der Waals surface area contributed by atoms with Gasteiger partial charge in [-0.25, -0.2) is 4.98 Å². The van der Waals surface area contributed by atoms with Crippen LogP contribution in [-0.2, 0) is 13.0 Å². The summed E-state index contributed by atoms with van der Waals surface area (Å²) in [6.45, 7) is 3.73. The number of aryl methyl sites for hydroxylation is 2. The van der Waals surface area contributed by atoms with Crippen LogP contribution in [0.1, 0.15) is 28.2 Å². The van der Waals surface area contributed by atoms with E-state index in [0.29, 0.717) is 25.3 Å². The van der Waals surface area contributed by atoms with Crippen molar-refractivity contribution < 1.29 is 9.53 Å². The highest BCUT2D eigenvalue weighted by molar-refractivity contribution is 6.31. The van der Waals surface area contributed by atoms with Gasteiger partial charge in [0.25, 0.3) is 5.91 Å². The zero-order valence-corrected chi connectivity index (χ0v) is 18.7. The van der Waals surface area contributed by atoms with Crippen LogP contribution in [-0.4, -0.2) is 33.6 Å². The van der Waals surface area contributed by atoms with Gasteiger partial charge in [0.15, 0.2) is 0 Å². The molecule has 0 saturated heterocycles. The third-order valence-corrected chi connectivity index (χ3v) is 5.66. The summed E-state index contributed by atoms with van der Waals surface area (Å²) in [4.78, 5) is 21.0. The Morgan fingerprint density at radius 1 is 1.16 bits per heavy atom. The lowest BCUT2D eigenvalue weighted by Crippen LogP contribution is -2.25. The van der Waals surface area contributed by atoms with E-state index in [1.165, 1.54) is 0 Å². The Morgan fingerprint density at radius 2 is 2.03 bits per heavy atom. The van der Waals surface area contributed by atoms with Crippen molar-refractivity contribution in [1.82, 2.24) is 19.9 Å². The summed E-state index contributed by atoms with van der Waals surface area (Å²) in [5, 5.41) is 3.68. The normalized spacial score (nSPS) is 10.9. The van der Waals surface area contributed by atoms with Crippen molar-refractivity contribution in [2.24, 2.45) is 0 Å². The fraction of sp³-hybridized carbons (Fsp3) is 0.240. The van der Waals surface area contributed by atoms with Gasteiger partial charge in [0.1, 0.15) is 18.2 Å². The number of carbonyl (C=O) groups is 1. The molecule has 0 unspecified atom stereocenters. The number of nitrogens with zero attached hydrogens (tertiary/aromatic N) is 3. The fourth-order valence-corrected chi connectivity index (χ4v) is 3.69. The molecule has 164 valence electrons. The predicted molar refractivity (Wildman–Crippen MR) is 126 cm³/mol. The number of amides is 1. The summed E-state index contributed by atoms with van der Waals surface area (Å²) in [6.07, 6.45) is 4.75. The van der Waals surface area contributed by atoms with Crippen LogP contribution >= 0.6 is 11.6 Å². The molecule has 0 saturated carbocycles. The highest BCUT2D eigenvalue weighted by Gasteiger charge is 2.11. The van der Waals surface area contributed by atoms with Gasteiger partial charge in [-0.15, -0.1) is 0 Å². The maximum Gasteiger partial charge on any atom is 0.252 e. The second kappa shape index (κ2) is 10.3. The van der Waals surface area contributed by atoms with Crippen molar-refractivity contribution >= 4 is 28.5 Å². The Bertz CT molecular complexity index is 1210. The molecule has 0 spiro atoms.